The van der Waals surface area contributed by atoms with Gasteiger partial charge in [-0.15, -0.1) is 10.2 Å². The Morgan fingerprint density at radius 2 is 2.17 bits per heavy atom. The summed E-state index contributed by atoms with van der Waals surface area (Å²) in [5.74, 6) is 3.48. The van der Waals surface area contributed by atoms with Crippen LogP contribution in [0.4, 0.5) is 0 Å². The summed E-state index contributed by atoms with van der Waals surface area (Å²) in [5, 5.41) is 12.6. The molecule has 24 heavy (non-hydrogen) atoms. The molecular weight excluding hydrogens is 328 g/mol. The van der Waals surface area contributed by atoms with E-state index in [0.29, 0.717) is 30.0 Å². The second-order valence-electron chi connectivity index (χ2n) is 6.35. The van der Waals surface area contributed by atoms with E-state index in [1.807, 2.05) is 19.1 Å². The van der Waals surface area contributed by atoms with Gasteiger partial charge in [-0.3, -0.25) is 0 Å². The van der Waals surface area contributed by atoms with Gasteiger partial charge in [0.15, 0.2) is 11.5 Å². The van der Waals surface area contributed by atoms with Gasteiger partial charge in [-0.25, -0.2) is 0 Å². The minimum absolute atomic E-state index is 0.405. The summed E-state index contributed by atoms with van der Waals surface area (Å²) in [4.78, 5) is 0. The lowest BCUT2D eigenvalue weighted by molar-refractivity contribution is 0.297. The van der Waals surface area contributed by atoms with Crippen molar-refractivity contribution >= 4 is 11.6 Å². The Bertz CT molecular complexity index is 746. The van der Waals surface area contributed by atoms with Crippen molar-refractivity contribution in [2.75, 3.05) is 13.2 Å². The van der Waals surface area contributed by atoms with E-state index in [9.17, 15) is 0 Å². The number of rotatable bonds is 3. The van der Waals surface area contributed by atoms with Crippen LogP contribution in [0, 0.1) is 6.92 Å². The van der Waals surface area contributed by atoms with Crippen LogP contribution in [0.15, 0.2) is 12.1 Å². The fraction of sp³-hybridized carbons (Fsp3) is 0.529. The van der Waals surface area contributed by atoms with Gasteiger partial charge in [-0.05, 0) is 31.0 Å². The number of nitrogens with zero attached hydrogens (tertiary/aromatic N) is 3. The zero-order valence-electron chi connectivity index (χ0n) is 13.7. The van der Waals surface area contributed by atoms with E-state index in [4.69, 9.17) is 21.1 Å². The first kappa shape index (κ1) is 15.7. The highest BCUT2D eigenvalue weighted by molar-refractivity contribution is 6.32. The maximum atomic E-state index is 6.36. The summed E-state index contributed by atoms with van der Waals surface area (Å²) in [7, 11) is 0. The molecule has 0 unspecified atom stereocenters. The molecule has 0 fully saturated rings. The zero-order chi connectivity index (χ0) is 16.5. The van der Waals surface area contributed by atoms with Crippen molar-refractivity contribution in [2.24, 2.45) is 0 Å². The summed E-state index contributed by atoms with van der Waals surface area (Å²) in [6.45, 7) is 4.97. The molecule has 1 atom stereocenters. The average molecular weight is 349 g/mol. The van der Waals surface area contributed by atoms with Crippen LogP contribution in [0.1, 0.15) is 30.1 Å². The van der Waals surface area contributed by atoms with E-state index in [-0.39, 0.29) is 0 Å². The smallest absolute Gasteiger partial charge is 0.179 e. The highest BCUT2D eigenvalue weighted by Crippen LogP contribution is 2.38. The molecule has 1 N–H and O–H groups in total. The van der Waals surface area contributed by atoms with E-state index in [1.165, 1.54) is 0 Å². The second kappa shape index (κ2) is 6.61. The van der Waals surface area contributed by atoms with Crippen LogP contribution in [0.5, 0.6) is 11.5 Å². The number of fused-ring (bicyclic) bond motifs is 2. The van der Waals surface area contributed by atoms with E-state index in [2.05, 4.69) is 20.1 Å². The lowest BCUT2D eigenvalue weighted by atomic mass is 10.1. The lowest BCUT2D eigenvalue weighted by Crippen LogP contribution is -2.37. The molecule has 0 aliphatic carbocycles. The van der Waals surface area contributed by atoms with Crippen LogP contribution >= 0.6 is 11.6 Å². The fourth-order valence-corrected chi connectivity index (χ4v) is 3.57. The molecule has 6 nitrogen and oxygen atoms in total. The van der Waals surface area contributed by atoms with Gasteiger partial charge < -0.3 is 19.4 Å². The predicted molar refractivity (Wildman–Crippen MR) is 90.8 cm³/mol. The van der Waals surface area contributed by atoms with Crippen LogP contribution in [-0.4, -0.2) is 34.0 Å². The van der Waals surface area contributed by atoms with Gasteiger partial charge in [-0.2, -0.15) is 0 Å². The molecule has 0 saturated carbocycles. The fourth-order valence-electron chi connectivity index (χ4n) is 3.28. The monoisotopic (exact) mass is 348 g/mol. The van der Waals surface area contributed by atoms with Crippen molar-refractivity contribution in [1.29, 1.82) is 0 Å². The quantitative estimate of drug-likeness (QED) is 0.923. The molecule has 1 aromatic heterocycles. The zero-order valence-corrected chi connectivity index (χ0v) is 14.5. The average Bonchev–Trinajstić information content (AvgIpc) is 2.80. The Kier molecular flexibility index (Phi) is 4.33. The largest absolute Gasteiger partial charge is 0.489 e. The van der Waals surface area contributed by atoms with Crippen molar-refractivity contribution in [3.63, 3.8) is 0 Å². The summed E-state index contributed by atoms with van der Waals surface area (Å²) in [6, 6.07) is 4.39. The van der Waals surface area contributed by atoms with E-state index in [1.54, 1.807) is 0 Å². The Balaban J connectivity index is 1.44. The number of halogens is 1. The Hall–Kier alpha value is -1.79. The summed E-state index contributed by atoms with van der Waals surface area (Å²) >= 11 is 6.36. The number of ether oxygens (including phenoxy) is 2. The minimum Gasteiger partial charge on any atom is -0.489 e. The van der Waals surface area contributed by atoms with Gasteiger partial charge in [0.05, 0.1) is 18.2 Å². The first-order valence-corrected chi connectivity index (χ1v) is 8.78. The number of aromatic nitrogens is 3. The molecule has 2 aliphatic heterocycles. The third-order valence-electron chi connectivity index (χ3n) is 4.59. The van der Waals surface area contributed by atoms with Gasteiger partial charge in [0.25, 0.3) is 0 Å². The number of hydrogen-bond donors (Lipinski definition) is 1. The van der Waals surface area contributed by atoms with Gasteiger partial charge in [0, 0.05) is 32.0 Å². The molecule has 1 aromatic carbocycles. The van der Waals surface area contributed by atoms with Crippen molar-refractivity contribution in [2.45, 2.75) is 45.3 Å². The normalized spacial score (nSPS) is 19.7. The molecule has 3 heterocycles. The van der Waals surface area contributed by atoms with Crippen LogP contribution < -0.4 is 14.8 Å². The van der Waals surface area contributed by atoms with E-state index >= 15 is 0 Å². The third kappa shape index (κ3) is 3.08. The first-order valence-electron chi connectivity index (χ1n) is 8.41. The standard InChI is InChI=1S/C17H21ClN4O2/c1-11-20-21-16-4-3-13(10-22(11)16)19-9-12-7-14(18)17-15(8-12)23-5-2-6-24-17/h7-8,13,19H,2-6,9-10H2,1H3/t13-/m1/s1. The summed E-state index contributed by atoms with van der Waals surface area (Å²) in [5.41, 5.74) is 1.11. The van der Waals surface area contributed by atoms with Gasteiger partial charge in [0.2, 0.25) is 0 Å². The number of benzene rings is 1. The van der Waals surface area contributed by atoms with E-state index in [0.717, 1.165) is 55.3 Å². The van der Waals surface area contributed by atoms with Gasteiger partial charge in [-0.1, -0.05) is 11.6 Å². The summed E-state index contributed by atoms with van der Waals surface area (Å²) < 4.78 is 13.6. The Labute approximate surface area is 146 Å². The molecule has 0 spiro atoms. The molecule has 2 aliphatic rings. The van der Waals surface area contributed by atoms with Crippen molar-refractivity contribution < 1.29 is 9.47 Å². The maximum Gasteiger partial charge on any atom is 0.179 e. The molecule has 0 saturated heterocycles. The number of aryl methyl sites for hydroxylation is 2. The number of hydrogen-bond acceptors (Lipinski definition) is 5. The molecule has 128 valence electrons. The highest BCUT2D eigenvalue weighted by atomic mass is 35.5. The van der Waals surface area contributed by atoms with Crippen LogP contribution in [0.3, 0.4) is 0 Å². The molecular formula is C17H21ClN4O2. The van der Waals surface area contributed by atoms with Crippen LogP contribution in [-0.2, 0) is 19.5 Å². The van der Waals surface area contributed by atoms with E-state index < -0.39 is 0 Å². The van der Waals surface area contributed by atoms with Gasteiger partial charge in [0.1, 0.15) is 11.6 Å². The highest BCUT2D eigenvalue weighted by Gasteiger charge is 2.21. The predicted octanol–water partition coefficient (Wildman–Crippen LogP) is 2.51. The topological polar surface area (TPSA) is 61.2 Å². The van der Waals surface area contributed by atoms with Crippen molar-refractivity contribution in [3.8, 4) is 11.5 Å². The third-order valence-corrected chi connectivity index (χ3v) is 4.87. The molecule has 7 heteroatoms. The maximum absolute atomic E-state index is 6.36. The molecule has 0 amide bonds. The van der Waals surface area contributed by atoms with Crippen LogP contribution in [0.2, 0.25) is 5.02 Å². The molecule has 0 bridgehead atoms. The Morgan fingerprint density at radius 1 is 1.29 bits per heavy atom. The number of nitrogens with one attached hydrogen (secondary N) is 1. The van der Waals surface area contributed by atoms with Crippen molar-refractivity contribution in [1.82, 2.24) is 20.1 Å². The van der Waals surface area contributed by atoms with Crippen molar-refractivity contribution in [3.05, 3.63) is 34.4 Å². The SMILES string of the molecule is Cc1nnc2n1C[C@H](NCc1cc(Cl)c3c(c1)OCCCO3)CC2. The van der Waals surface area contributed by atoms with Gasteiger partial charge >= 0.3 is 0 Å². The lowest BCUT2D eigenvalue weighted by Gasteiger charge is -2.25. The molecule has 0 radical (unpaired) electrons. The Morgan fingerprint density at radius 3 is 3.08 bits per heavy atom. The van der Waals surface area contributed by atoms with Crippen LogP contribution in [0.25, 0.3) is 0 Å². The molecule has 4 rings (SSSR count). The molecule has 2 aromatic rings. The first-order chi connectivity index (χ1) is 11.7. The summed E-state index contributed by atoms with van der Waals surface area (Å²) in [6.07, 6.45) is 2.90. The minimum atomic E-state index is 0.405. The second-order valence-corrected chi connectivity index (χ2v) is 6.75.